The van der Waals surface area contributed by atoms with Crippen LogP contribution in [0, 0.1) is 5.41 Å². The first kappa shape index (κ1) is 7.68. The molecule has 0 bridgehead atoms. The van der Waals surface area contributed by atoms with Gasteiger partial charge in [0.2, 0.25) is 0 Å². The first-order valence-corrected chi connectivity index (χ1v) is 5.70. The molecule has 0 aliphatic rings. The summed E-state index contributed by atoms with van der Waals surface area (Å²) in [6, 6.07) is 0. The fourth-order valence-electron chi connectivity index (χ4n) is 0.354. The van der Waals surface area contributed by atoms with Gasteiger partial charge in [-0.25, -0.2) is 0 Å². The number of allylic oxidation sites excluding steroid dienone is 1. The monoisotopic (exact) mass is 285 g/mol. The molecule has 0 fully saturated rings. The molecule has 7 heavy (non-hydrogen) atoms. The van der Waals surface area contributed by atoms with Crippen LogP contribution in [0.25, 0.3) is 0 Å². The molecule has 0 nitrogen and oxygen atoms in total. The molecular formula is C6H11Hg+. The van der Waals surface area contributed by atoms with Gasteiger partial charge in [-0.3, -0.25) is 0 Å². The maximum absolute atomic E-state index is 2.28. The Bertz CT molecular complexity index is 66.7. The van der Waals surface area contributed by atoms with Crippen molar-refractivity contribution in [1.29, 1.82) is 0 Å². The van der Waals surface area contributed by atoms with Crippen LogP contribution >= 0.6 is 0 Å². The standard InChI is InChI=1S/C6H11.Hg/c1-5-6(2,3)4;/h1,5H,2-4H3;/q;+1. The summed E-state index contributed by atoms with van der Waals surface area (Å²) in [5.74, 6) is 0. The van der Waals surface area contributed by atoms with Crippen molar-refractivity contribution in [2.75, 3.05) is 0 Å². The predicted octanol–water partition coefficient (Wildman–Crippen LogP) is 2.09. The molecule has 0 aliphatic carbocycles. The van der Waals surface area contributed by atoms with Crippen molar-refractivity contribution in [3.63, 3.8) is 0 Å². The van der Waals surface area contributed by atoms with Crippen molar-refractivity contribution in [3.05, 3.63) is 9.66 Å². The second kappa shape index (κ2) is 2.86. The quantitative estimate of drug-likeness (QED) is 0.597. The van der Waals surface area contributed by atoms with E-state index in [1.54, 1.807) is 0 Å². The van der Waals surface area contributed by atoms with E-state index in [1.807, 2.05) is 0 Å². The Kier molecular flexibility index (Phi) is 3.13. The van der Waals surface area contributed by atoms with E-state index in [0.717, 1.165) is 26.1 Å². The summed E-state index contributed by atoms with van der Waals surface area (Å²) >= 11 is 0.846. The third-order valence-electron chi connectivity index (χ3n) is 0.618. The van der Waals surface area contributed by atoms with Crippen molar-refractivity contribution in [2.45, 2.75) is 20.8 Å². The van der Waals surface area contributed by atoms with Crippen molar-refractivity contribution in [1.82, 2.24) is 0 Å². The van der Waals surface area contributed by atoms with E-state index in [4.69, 9.17) is 0 Å². The third-order valence-corrected chi connectivity index (χ3v) is 1.53. The van der Waals surface area contributed by atoms with Gasteiger partial charge in [0.05, 0.1) is 0 Å². The van der Waals surface area contributed by atoms with Gasteiger partial charge >= 0.3 is 62.0 Å². The molecule has 0 saturated heterocycles. The van der Waals surface area contributed by atoms with Crippen LogP contribution in [0.2, 0.25) is 0 Å². The molecule has 0 saturated carbocycles. The van der Waals surface area contributed by atoms with Gasteiger partial charge in [0.25, 0.3) is 0 Å². The fraction of sp³-hybridized carbons (Fsp3) is 0.667. The first-order valence-electron chi connectivity index (χ1n) is 2.53. The molecule has 0 unspecified atom stereocenters. The van der Waals surface area contributed by atoms with E-state index in [1.165, 1.54) is 0 Å². The first-order chi connectivity index (χ1) is 3.06. The number of rotatable bonds is 0. The van der Waals surface area contributed by atoms with Crippen molar-refractivity contribution < 1.29 is 26.1 Å². The van der Waals surface area contributed by atoms with E-state index in [2.05, 4.69) is 30.4 Å². The normalized spacial score (nSPS) is 13.3. The van der Waals surface area contributed by atoms with Crippen LogP contribution in [0.1, 0.15) is 20.8 Å². The van der Waals surface area contributed by atoms with Crippen LogP contribution in [0.4, 0.5) is 0 Å². The van der Waals surface area contributed by atoms with Gasteiger partial charge in [-0.05, 0) is 0 Å². The molecule has 1 heteroatoms. The molecule has 0 spiro atoms. The summed E-state index contributed by atoms with van der Waals surface area (Å²) in [7, 11) is 0. The maximum atomic E-state index is 2.28. The van der Waals surface area contributed by atoms with E-state index in [9.17, 15) is 0 Å². The Morgan fingerprint density at radius 2 is 1.71 bits per heavy atom. The Hall–Kier alpha value is 0.675. The summed E-state index contributed by atoms with van der Waals surface area (Å²) in [6.07, 6.45) is 2.27. The van der Waals surface area contributed by atoms with Crippen LogP contribution in [0.15, 0.2) is 9.66 Å². The summed E-state index contributed by atoms with van der Waals surface area (Å²) in [4.78, 5) is 0. The molecule has 0 aromatic heterocycles. The van der Waals surface area contributed by atoms with Crippen molar-refractivity contribution in [2.24, 2.45) is 5.41 Å². The predicted molar refractivity (Wildman–Crippen MR) is 28.6 cm³/mol. The zero-order valence-electron chi connectivity index (χ0n) is 5.36. The van der Waals surface area contributed by atoms with E-state index in [-0.39, 0.29) is 0 Å². The van der Waals surface area contributed by atoms with Gasteiger partial charge in [0.15, 0.2) is 0 Å². The Labute approximate surface area is 62.0 Å². The summed E-state index contributed by atoms with van der Waals surface area (Å²) in [6.45, 7) is 6.66. The van der Waals surface area contributed by atoms with E-state index in [0.29, 0.717) is 5.41 Å². The third kappa shape index (κ3) is 6.68. The van der Waals surface area contributed by atoms with Crippen LogP contribution in [-0.4, -0.2) is 0 Å². The second-order valence-corrected chi connectivity index (χ2v) is 4.60. The minimum atomic E-state index is 0.418. The van der Waals surface area contributed by atoms with Gasteiger partial charge in [0.1, 0.15) is 0 Å². The summed E-state index contributed by atoms with van der Waals surface area (Å²) in [5, 5.41) is 0. The van der Waals surface area contributed by atoms with Crippen LogP contribution < -0.4 is 0 Å². The minimum absolute atomic E-state index is 0.418. The van der Waals surface area contributed by atoms with Crippen LogP contribution in [0.5, 0.6) is 0 Å². The van der Waals surface area contributed by atoms with Gasteiger partial charge in [0, 0.05) is 0 Å². The van der Waals surface area contributed by atoms with E-state index >= 15 is 0 Å². The molecule has 0 aliphatic heterocycles. The van der Waals surface area contributed by atoms with Gasteiger partial charge in [-0.1, -0.05) is 0 Å². The SMILES string of the molecule is CC(C)(C)/C=[CH]/[Hg+]. The Balaban J connectivity index is 3.56. The van der Waals surface area contributed by atoms with Gasteiger partial charge in [-0.15, -0.1) is 0 Å². The molecule has 0 N–H and O–H groups in total. The molecule has 0 atom stereocenters. The molecule has 0 amide bonds. The molecule has 0 aromatic rings. The average molecular weight is 284 g/mol. The summed E-state index contributed by atoms with van der Waals surface area (Å²) < 4.78 is 2.28. The second-order valence-electron chi connectivity index (χ2n) is 2.77. The van der Waals surface area contributed by atoms with Crippen molar-refractivity contribution in [3.8, 4) is 0 Å². The Morgan fingerprint density at radius 1 is 1.29 bits per heavy atom. The molecule has 0 heterocycles. The fourth-order valence-corrected chi connectivity index (χ4v) is 3.10. The molecule has 0 radical (unpaired) electrons. The number of hydrogen-bond acceptors (Lipinski definition) is 0. The van der Waals surface area contributed by atoms with E-state index < -0.39 is 0 Å². The Morgan fingerprint density at radius 3 is 1.71 bits per heavy atom. The topological polar surface area (TPSA) is 0 Å². The van der Waals surface area contributed by atoms with Gasteiger partial charge < -0.3 is 0 Å². The molecular weight excluding hydrogens is 273 g/mol. The number of hydrogen-bond donors (Lipinski definition) is 0. The zero-order valence-corrected chi connectivity index (χ0v) is 10.9. The molecule has 0 rings (SSSR count). The average Bonchev–Trinajstić information content (AvgIpc) is 1.30. The summed E-state index contributed by atoms with van der Waals surface area (Å²) in [5.41, 5.74) is 0.418. The zero-order chi connectivity index (χ0) is 5.91. The van der Waals surface area contributed by atoms with Crippen LogP contribution in [0.3, 0.4) is 0 Å². The molecule has 36 valence electrons. The van der Waals surface area contributed by atoms with Crippen LogP contribution in [-0.2, 0) is 26.1 Å². The van der Waals surface area contributed by atoms with Gasteiger partial charge in [-0.2, -0.15) is 0 Å². The molecule has 0 aromatic carbocycles. The van der Waals surface area contributed by atoms with Crippen molar-refractivity contribution >= 4 is 0 Å².